The Morgan fingerprint density at radius 1 is 1.00 bits per heavy atom. The second-order valence-corrected chi connectivity index (χ2v) is 12.1. The predicted octanol–water partition coefficient (Wildman–Crippen LogP) is 6.43. The third-order valence-electron chi connectivity index (χ3n) is 8.58. The van der Waals surface area contributed by atoms with Crippen LogP contribution in [-0.2, 0) is 17.6 Å². The van der Waals surface area contributed by atoms with Crippen molar-refractivity contribution < 1.29 is 14.3 Å². The molecule has 0 unspecified atom stereocenters. The first kappa shape index (κ1) is 22.1. The van der Waals surface area contributed by atoms with Crippen LogP contribution >= 0.6 is 11.3 Å². The number of nitrogens with one attached hydrogen (secondary N) is 2. The smallest absolute Gasteiger partial charge is 0.259 e. The van der Waals surface area contributed by atoms with Crippen molar-refractivity contribution in [2.45, 2.75) is 71.1 Å². The molecule has 1 aromatic carbocycles. The fourth-order valence-corrected chi connectivity index (χ4v) is 8.84. The zero-order chi connectivity index (χ0) is 23.3. The summed E-state index contributed by atoms with van der Waals surface area (Å²) >= 11 is 1.62. The van der Waals surface area contributed by atoms with Gasteiger partial charge in [0.15, 0.2) is 0 Å². The lowest BCUT2D eigenvalue weighted by Gasteiger charge is -2.55. The largest absolute Gasteiger partial charge is 0.492 e. The number of aryl methyl sites for hydroxylation is 1. The SMILES string of the molecule is CCOc1ccccc1NC(=O)c1c(NC(=O)C23CC4CC(CC(C4)C2)C3)sc2c1CCCC2. The zero-order valence-corrected chi connectivity index (χ0v) is 20.8. The second-order valence-electron chi connectivity index (χ2n) is 11.0. The highest BCUT2D eigenvalue weighted by atomic mass is 32.1. The van der Waals surface area contributed by atoms with Crippen LogP contribution in [-0.4, -0.2) is 18.4 Å². The van der Waals surface area contributed by atoms with Crippen LogP contribution in [0.25, 0.3) is 0 Å². The topological polar surface area (TPSA) is 67.4 Å². The van der Waals surface area contributed by atoms with Gasteiger partial charge in [0.05, 0.1) is 23.3 Å². The quantitative estimate of drug-likeness (QED) is 0.502. The summed E-state index contributed by atoms with van der Waals surface area (Å²) < 4.78 is 5.72. The molecule has 4 saturated carbocycles. The molecule has 2 N–H and O–H groups in total. The Labute approximate surface area is 205 Å². The Morgan fingerprint density at radius 3 is 2.38 bits per heavy atom. The summed E-state index contributed by atoms with van der Waals surface area (Å²) in [5.41, 5.74) is 2.24. The Morgan fingerprint density at radius 2 is 1.68 bits per heavy atom. The molecule has 2 aromatic rings. The molecular formula is C28H34N2O3S. The lowest BCUT2D eigenvalue weighted by atomic mass is 9.49. The molecule has 4 fully saturated rings. The van der Waals surface area contributed by atoms with Gasteiger partial charge in [0.2, 0.25) is 5.91 Å². The maximum absolute atomic E-state index is 13.8. The van der Waals surface area contributed by atoms with E-state index in [1.165, 1.54) is 24.1 Å². The predicted molar refractivity (Wildman–Crippen MR) is 136 cm³/mol. The fourth-order valence-electron chi connectivity index (χ4n) is 7.55. The highest BCUT2D eigenvalue weighted by Gasteiger charge is 2.54. The molecule has 5 nitrogen and oxygen atoms in total. The highest BCUT2D eigenvalue weighted by molar-refractivity contribution is 7.17. The van der Waals surface area contributed by atoms with Gasteiger partial charge in [-0.05, 0) is 107 Å². The molecule has 0 aliphatic heterocycles. The minimum atomic E-state index is -0.228. The van der Waals surface area contributed by atoms with E-state index in [1.807, 2.05) is 31.2 Å². The van der Waals surface area contributed by atoms with Gasteiger partial charge in [-0.25, -0.2) is 0 Å². The van der Waals surface area contributed by atoms with Crippen LogP contribution < -0.4 is 15.4 Å². The van der Waals surface area contributed by atoms with Crippen LogP contribution in [0.4, 0.5) is 10.7 Å². The number of amides is 2. The van der Waals surface area contributed by atoms with Gasteiger partial charge in [0.25, 0.3) is 5.91 Å². The Hall–Kier alpha value is -2.34. The van der Waals surface area contributed by atoms with Crippen molar-refractivity contribution in [2.75, 3.05) is 17.2 Å². The van der Waals surface area contributed by atoms with Crippen molar-refractivity contribution in [3.63, 3.8) is 0 Å². The molecule has 1 aromatic heterocycles. The van der Waals surface area contributed by atoms with Crippen LogP contribution in [0.1, 0.15) is 79.1 Å². The molecule has 1 heterocycles. The van der Waals surface area contributed by atoms with E-state index < -0.39 is 0 Å². The minimum Gasteiger partial charge on any atom is -0.492 e. The normalized spacial score (nSPS) is 28.9. The molecule has 180 valence electrons. The van der Waals surface area contributed by atoms with Crippen LogP contribution in [0.3, 0.4) is 0 Å². The Balaban J connectivity index is 1.30. The molecular weight excluding hydrogens is 444 g/mol. The summed E-state index contributed by atoms with van der Waals surface area (Å²) in [6, 6.07) is 7.55. The van der Waals surface area contributed by atoms with E-state index in [4.69, 9.17) is 4.74 Å². The molecule has 5 aliphatic carbocycles. The van der Waals surface area contributed by atoms with Crippen LogP contribution in [0.5, 0.6) is 5.75 Å². The molecule has 0 saturated heterocycles. The number of benzene rings is 1. The van der Waals surface area contributed by atoms with Crippen molar-refractivity contribution in [3.8, 4) is 5.75 Å². The van der Waals surface area contributed by atoms with E-state index in [0.717, 1.165) is 55.5 Å². The zero-order valence-electron chi connectivity index (χ0n) is 20.0. The molecule has 0 atom stereocenters. The average molecular weight is 479 g/mol. The average Bonchev–Trinajstić information content (AvgIpc) is 3.17. The van der Waals surface area contributed by atoms with Crippen LogP contribution in [0, 0.1) is 23.2 Å². The summed E-state index contributed by atoms with van der Waals surface area (Å²) in [5.74, 6) is 2.83. The van der Waals surface area contributed by atoms with E-state index >= 15 is 0 Å². The van der Waals surface area contributed by atoms with E-state index in [0.29, 0.717) is 41.4 Å². The monoisotopic (exact) mass is 478 g/mol. The van der Waals surface area contributed by atoms with Gasteiger partial charge in [0, 0.05) is 4.88 Å². The Bertz CT molecular complexity index is 1090. The maximum atomic E-state index is 13.8. The number of thiophene rings is 1. The standard InChI is InChI=1S/C28H34N2O3S/c1-2-33-22-9-5-4-8-21(22)29-25(31)24-20-7-3-6-10-23(20)34-26(24)30-27(32)28-14-17-11-18(15-28)13-19(12-17)16-28/h4-5,8-9,17-19H,2-3,6-7,10-16H2,1H3,(H,29,31)(H,30,32). The number of carbonyl (C=O) groups is 2. The minimum absolute atomic E-state index is 0.146. The van der Waals surface area contributed by atoms with Crippen molar-refractivity contribution in [2.24, 2.45) is 23.2 Å². The van der Waals surface area contributed by atoms with Gasteiger partial charge >= 0.3 is 0 Å². The van der Waals surface area contributed by atoms with Gasteiger partial charge in [0.1, 0.15) is 10.8 Å². The van der Waals surface area contributed by atoms with Gasteiger partial charge in [-0.2, -0.15) is 0 Å². The fraction of sp³-hybridized carbons (Fsp3) is 0.571. The lowest BCUT2D eigenvalue weighted by Crippen LogP contribution is -2.51. The molecule has 0 radical (unpaired) electrons. The van der Waals surface area contributed by atoms with Gasteiger partial charge in [-0.1, -0.05) is 12.1 Å². The number of para-hydroxylation sites is 2. The first-order valence-corrected chi connectivity index (χ1v) is 13.9. The molecule has 0 spiro atoms. The van der Waals surface area contributed by atoms with Gasteiger partial charge < -0.3 is 15.4 Å². The molecule has 4 bridgehead atoms. The molecule has 6 heteroatoms. The molecule has 7 rings (SSSR count). The summed E-state index contributed by atoms with van der Waals surface area (Å²) in [5, 5.41) is 7.16. The number of ether oxygens (including phenoxy) is 1. The molecule has 34 heavy (non-hydrogen) atoms. The third kappa shape index (κ3) is 3.84. The number of carbonyl (C=O) groups excluding carboxylic acids is 2. The Kier molecular flexibility index (Phi) is 5.67. The van der Waals surface area contributed by atoms with Crippen molar-refractivity contribution in [3.05, 3.63) is 40.3 Å². The first-order valence-electron chi connectivity index (χ1n) is 13.0. The number of anilines is 2. The molecule has 2 amide bonds. The van der Waals surface area contributed by atoms with Crippen LogP contribution in [0.2, 0.25) is 0 Å². The van der Waals surface area contributed by atoms with Crippen LogP contribution in [0.15, 0.2) is 24.3 Å². The third-order valence-corrected chi connectivity index (χ3v) is 9.79. The summed E-state index contributed by atoms with van der Waals surface area (Å²) in [4.78, 5) is 28.7. The van der Waals surface area contributed by atoms with E-state index in [9.17, 15) is 9.59 Å². The number of rotatable bonds is 6. The highest BCUT2D eigenvalue weighted by Crippen LogP contribution is 2.60. The van der Waals surface area contributed by atoms with E-state index in [1.54, 1.807) is 11.3 Å². The van der Waals surface area contributed by atoms with Crippen molar-refractivity contribution in [1.29, 1.82) is 0 Å². The number of fused-ring (bicyclic) bond motifs is 1. The first-order chi connectivity index (χ1) is 16.5. The molecule has 5 aliphatic rings. The summed E-state index contributed by atoms with van der Waals surface area (Å²) in [6.07, 6.45) is 11.1. The second kappa shape index (κ2) is 8.71. The summed E-state index contributed by atoms with van der Waals surface area (Å²) in [7, 11) is 0. The van der Waals surface area contributed by atoms with Crippen molar-refractivity contribution in [1.82, 2.24) is 0 Å². The van der Waals surface area contributed by atoms with E-state index in [2.05, 4.69) is 10.6 Å². The lowest BCUT2D eigenvalue weighted by molar-refractivity contribution is -0.140. The number of hydrogen-bond acceptors (Lipinski definition) is 4. The van der Waals surface area contributed by atoms with Gasteiger partial charge in [-0.15, -0.1) is 11.3 Å². The summed E-state index contributed by atoms with van der Waals surface area (Å²) in [6.45, 7) is 2.47. The number of hydrogen-bond donors (Lipinski definition) is 2. The maximum Gasteiger partial charge on any atom is 0.259 e. The van der Waals surface area contributed by atoms with Gasteiger partial charge in [-0.3, -0.25) is 9.59 Å². The van der Waals surface area contributed by atoms with Crippen molar-refractivity contribution >= 4 is 33.8 Å². The van der Waals surface area contributed by atoms with E-state index in [-0.39, 0.29) is 17.2 Å².